The van der Waals surface area contributed by atoms with E-state index in [2.05, 4.69) is 19.9 Å². The molecule has 0 aromatic heterocycles. The minimum Gasteiger partial charge on any atom is -0.497 e. The van der Waals surface area contributed by atoms with E-state index in [0.29, 0.717) is 11.8 Å². The lowest BCUT2D eigenvalue weighted by molar-refractivity contribution is 0.210. The Bertz CT molecular complexity index is 333. The standard InChI is InChI=1S/C12H16O2/c1-8-7-14-12-6-10(13-3)4-5-11(12)9(8)2/h4-6,8-9H,7H2,1-3H3. The molecule has 0 amide bonds. The summed E-state index contributed by atoms with van der Waals surface area (Å²) in [6, 6.07) is 6.07. The van der Waals surface area contributed by atoms with Gasteiger partial charge in [-0.05, 0) is 23.5 Å². The Hall–Kier alpha value is -1.18. The number of benzene rings is 1. The van der Waals surface area contributed by atoms with Gasteiger partial charge in [0, 0.05) is 6.07 Å². The van der Waals surface area contributed by atoms with Crippen LogP contribution in [-0.2, 0) is 0 Å². The van der Waals surface area contributed by atoms with Gasteiger partial charge in [-0.1, -0.05) is 19.9 Å². The molecule has 0 fully saturated rings. The monoisotopic (exact) mass is 192 g/mol. The first-order chi connectivity index (χ1) is 6.72. The summed E-state index contributed by atoms with van der Waals surface area (Å²) in [5.41, 5.74) is 1.30. The summed E-state index contributed by atoms with van der Waals surface area (Å²) in [6.45, 7) is 5.28. The van der Waals surface area contributed by atoms with Crippen LogP contribution in [0.4, 0.5) is 0 Å². The van der Waals surface area contributed by atoms with Crippen LogP contribution in [0, 0.1) is 5.92 Å². The molecule has 1 aliphatic heterocycles. The van der Waals surface area contributed by atoms with Crippen LogP contribution < -0.4 is 9.47 Å². The van der Waals surface area contributed by atoms with Gasteiger partial charge in [-0.2, -0.15) is 0 Å². The molecule has 0 aliphatic carbocycles. The predicted molar refractivity (Wildman–Crippen MR) is 56.1 cm³/mol. The van der Waals surface area contributed by atoms with Gasteiger partial charge in [0.2, 0.25) is 0 Å². The van der Waals surface area contributed by atoms with E-state index < -0.39 is 0 Å². The molecule has 1 aromatic rings. The maximum absolute atomic E-state index is 5.67. The average Bonchev–Trinajstić information content (AvgIpc) is 2.23. The molecule has 2 rings (SSSR count). The molecular weight excluding hydrogens is 176 g/mol. The second kappa shape index (κ2) is 3.52. The van der Waals surface area contributed by atoms with Crippen LogP contribution in [0.2, 0.25) is 0 Å². The quantitative estimate of drug-likeness (QED) is 0.681. The Morgan fingerprint density at radius 3 is 2.86 bits per heavy atom. The highest BCUT2D eigenvalue weighted by Gasteiger charge is 2.24. The molecule has 2 unspecified atom stereocenters. The van der Waals surface area contributed by atoms with E-state index in [-0.39, 0.29) is 0 Å². The smallest absolute Gasteiger partial charge is 0.126 e. The Balaban J connectivity index is 2.38. The SMILES string of the molecule is COc1ccc2c(c1)OCC(C)C2C. The van der Waals surface area contributed by atoms with E-state index in [1.54, 1.807) is 7.11 Å². The lowest BCUT2D eigenvalue weighted by atomic mass is 9.87. The average molecular weight is 192 g/mol. The lowest BCUT2D eigenvalue weighted by Gasteiger charge is -2.29. The summed E-state index contributed by atoms with van der Waals surface area (Å²) in [6.07, 6.45) is 0. The summed E-state index contributed by atoms with van der Waals surface area (Å²) < 4.78 is 10.8. The van der Waals surface area contributed by atoms with Crippen molar-refractivity contribution >= 4 is 0 Å². The maximum Gasteiger partial charge on any atom is 0.126 e. The fraction of sp³-hybridized carbons (Fsp3) is 0.500. The number of methoxy groups -OCH3 is 1. The summed E-state index contributed by atoms with van der Waals surface area (Å²) >= 11 is 0. The van der Waals surface area contributed by atoms with Gasteiger partial charge in [-0.3, -0.25) is 0 Å². The van der Waals surface area contributed by atoms with E-state index in [9.17, 15) is 0 Å². The van der Waals surface area contributed by atoms with E-state index >= 15 is 0 Å². The minimum atomic E-state index is 0.574. The molecule has 2 heteroatoms. The van der Waals surface area contributed by atoms with Gasteiger partial charge in [0.1, 0.15) is 11.5 Å². The van der Waals surface area contributed by atoms with Crippen LogP contribution in [0.15, 0.2) is 18.2 Å². The Morgan fingerprint density at radius 1 is 1.36 bits per heavy atom. The van der Waals surface area contributed by atoms with Gasteiger partial charge < -0.3 is 9.47 Å². The Morgan fingerprint density at radius 2 is 2.14 bits per heavy atom. The summed E-state index contributed by atoms with van der Waals surface area (Å²) in [4.78, 5) is 0. The third-order valence-corrected chi connectivity index (χ3v) is 3.07. The van der Waals surface area contributed by atoms with Crippen LogP contribution in [-0.4, -0.2) is 13.7 Å². The topological polar surface area (TPSA) is 18.5 Å². The van der Waals surface area contributed by atoms with Crippen molar-refractivity contribution in [2.75, 3.05) is 13.7 Å². The Labute approximate surface area is 84.8 Å². The molecule has 1 aromatic carbocycles. The van der Waals surface area contributed by atoms with Crippen molar-refractivity contribution < 1.29 is 9.47 Å². The second-order valence-electron chi connectivity index (χ2n) is 3.98. The molecule has 2 nitrogen and oxygen atoms in total. The van der Waals surface area contributed by atoms with E-state index in [0.717, 1.165) is 18.1 Å². The summed E-state index contributed by atoms with van der Waals surface area (Å²) in [5, 5.41) is 0. The molecule has 14 heavy (non-hydrogen) atoms. The van der Waals surface area contributed by atoms with Gasteiger partial charge in [-0.25, -0.2) is 0 Å². The molecule has 0 bridgehead atoms. The molecular formula is C12H16O2. The van der Waals surface area contributed by atoms with Gasteiger partial charge in [0.25, 0.3) is 0 Å². The van der Waals surface area contributed by atoms with Crippen LogP contribution in [0.25, 0.3) is 0 Å². The summed E-state index contributed by atoms with van der Waals surface area (Å²) in [5.74, 6) is 3.01. The number of hydrogen-bond donors (Lipinski definition) is 0. The van der Waals surface area contributed by atoms with E-state index in [4.69, 9.17) is 9.47 Å². The van der Waals surface area contributed by atoms with Crippen molar-refractivity contribution in [3.63, 3.8) is 0 Å². The zero-order chi connectivity index (χ0) is 10.1. The molecule has 0 radical (unpaired) electrons. The van der Waals surface area contributed by atoms with Crippen molar-refractivity contribution in [3.05, 3.63) is 23.8 Å². The normalized spacial score (nSPS) is 25.1. The minimum absolute atomic E-state index is 0.574. The van der Waals surface area contributed by atoms with Crippen molar-refractivity contribution in [2.45, 2.75) is 19.8 Å². The lowest BCUT2D eigenvalue weighted by Crippen LogP contribution is -2.21. The molecule has 0 saturated heterocycles. The first kappa shape index (κ1) is 9.38. The summed E-state index contributed by atoms with van der Waals surface area (Å²) in [7, 11) is 1.68. The highest BCUT2D eigenvalue weighted by Crippen LogP contribution is 2.38. The molecule has 0 N–H and O–H groups in total. The third kappa shape index (κ3) is 1.45. The van der Waals surface area contributed by atoms with Crippen LogP contribution in [0.1, 0.15) is 25.3 Å². The molecule has 0 spiro atoms. The maximum atomic E-state index is 5.67. The zero-order valence-electron chi connectivity index (χ0n) is 8.91. The number of rotatable bonds is 1. The predicted octanol–water partition coefficient (Wildman–Crippen LogP) is 2.83. The van der Waals surface area contributed by atoms with Crippen molar-refractivity contribution in [3.8, 4) is 11.5 Å². The van der Waals surface area contributed by atoms with Crippen LogP contribution >= 0.6 is 0 Å². The van der Waals surface area contributed by atoms with Gasteiger partial charge >= 0.3 is 0 Å². The van der Waals surface area contributed by atoms with Crippen LogP contribution in [0.5, 0.6) is 11.5 Å². The Kier molecular flexibility index (Phi) is 2.36. The largest absolute Gasteiger partial charge is 0.497 e. The zero-order valence-corrected chi connectivity index (χ0v) is 8.91. The van der Waals surface area contributed by atoms with Crippen molar-refractivity contribution in [1.29, 1.82) is 0 Å². The highest BCUT2D eigenvalue weighted by atomic mass is 16.5. The molecule has 1 heterocycles. The highest BCUT2D eigenvalue weighted by molar-refractivity contribution is 5.43. The van der Waals surface area contributed by atoms with E-state index in [1.807, 2.05) is 12.1 Å². The molecule has 76 valence electrons. The first-order valence-corrected chi connectivity index (χ1v) is 5.03. The fourth-order valence-corrected chi connectivity index (χ4v) is 1.81. The fourth-order valence-electron chi connectivity index (χ4n) is 1.81. The van der Waals surface area contributed by atoms with Gasteiger partial charge in [0.05, 0.1) is 13.7 Å². The molecule has 0 saturated carbocycles. The first-order valence-electron chi connectivity index (χ1n) is 5.03. The number of hydrogen-bond acceptors (Lipinski definition) is 2. The number of ether oxygens (including phenoxy) is 2. The number of fused-ring (bicyclic) bond motifs is 1. The molecule has 2 atom stereocenters. The second-order valence-corrected chi connectivity index (χ2v) is 3.98. The van der Waals surface area contributed by atoms with Gasteiger partial charge in [-0.15, -0.1) is 0 Å². The van der Waals surface area contributed by atoms with Crippen molar-refractivity contribution in [2.24, 2.45) is 5.92 Å². The van der Waals surface area contributed by atoms with E-state index in [1.165, 1.54) is 5.56 Å². The van der Waals surface area contributed by atoms with Crippen LogP contribution in [0.3, 0.4) is 0 Å². The molecule has 1 aliphatic rings. The van der Waals surface area contributed by atoms with Crippen molar-refractivity contribution in [1.82, 2.24) is 0 Å². The van der Waals surface area contributed by atoms with Gasteiger partial charge in [0.15, 0.2) is 0 Å². The third-order valence-electron chi connectivity index (χ3n) is 3.07.